The first kappa shape index (κ1) is 22.4. The minimum Gasteiger partial charge on any atom is -0.345 e. The minimum absolute atomic E-state index is 0.0608. The van der Waals surface area contributed by atoms with Crippen LogP contribution in [0, 0.1) is 0 Å². The fourth-order valence-corrected chi connectivity index (χ4v) is 4.64. The van der Waals surface area contributed by atoms with Crippen molar-refractivity contribution in [1.82, 2.24) is 9.62 Å². The van der Waals surface area contributed by atoms with Gasteiger partial charge in [0, 0.05) is 13.1 Å². The number of rotatable bonds is 8. The first-order chi connectivity index (χ1) is 13.2. The Bertz CT molecular complexity index is 923. The predicted molar refractivity (Wildman–Crippen MR) is 113 cm³/mol. The summed E-state index contributed by atoms with van der Waals surface area (Å²) in [6, 6.07) is 12.0. The standard InChI is InChI=1S/C21H27ClN2O3S/c1-5-16-8-10-17(11-9-16)15(4)23-21(25)19-14-18(12-13-20(19)22)28(26,27)24(6-2)7-3/h8-15H,5-7H2,1-4H3,(H,23,25). The molecule has 1 unspecified atom stereocenters. The number of hydrogen-bond acceptors (Lipinski definition) is 3. The van der Waals surface area contributed by atoms with Gasteiger partial charge < -0.3 is 5.32 Å². The largest absolute Gasteiger partial charge is 0.345 e. The van der Waals surface area contributed by atoms with E-state index in [1.54, 1.807) is 13.8 Å². The summed E-state index contributed by atoms with van der Waals surface area (Å²) in [5.41, 5.74) is 2.33. The summed E-state index contributed by atoms with van der Waals surface area (Å²) < 4.78 is 26.8. The van der Waals surface area contributed by atoms with E-state index in [-0.39, 0.29) is 21.5 Å². The van der Waals surface area contributed by atoms with Crippen molar-refractivity contribution in [3.8, 4) is 0 Å². The van der Waals surface area contributed by atoms with E-state index in [9.17, 15) is 13.2 Å². The van der Waals surface area contributed by atoms with Crippen LogP contribution in [0.1, 0.15) is 55.2 Å². The number of hydrogen-bond donors (Lipinski definition) is 1. The SMILES string of the molecule is CCc1ccc(C(C)NC(=O)c2cc(S(=O)(=O)N(CC)CC)ccc2Cl)cc1. The summed E-state index contributed by atoms with van der Waals surface area (Å²) in [7, 11) is -3.67. The normalized spacial score (nSPS) is 12.8. The van der Waals surface area contributed by atoms with E-state index in [0.29, 0.717) is 13.1 Å². The van der Waals surface area contributed by atoms with Gasteiger partial charge in [-0.3, -0.25) is 4.79 Å². The van der Waals surface area contributed by atoms with E-state index in [0.717, 1.165) is 12.0 Å². The topological polar surface area (TPSA) is 66.5 Å². The Hall–Kier alpha value is -1.89. The molecule has 0 aliphatic heterocycles. The number of benzene rings is 2. The Balaban J connectivity index is 2.27. The summed E-state index contributed by atoms with van der Waals surface area (Å²) >= 11 is 6.19. The molecule has 2 aromatic rings. The first-order valence-electron chi connectivity index (χ1n) is 9.43. The molecule has 1 amide bonds. The highest BCUT2D eigenvalue weighted by Gasteiger charge is 2.24. The molecule has 0 aliphatic rings. The fraction of sp³-hybridized carbons (Fsp3) is 0.381. The highest BCUT2D eigenvalue weighted by molar-refractivity contribution is 7.89. The van der Waals surface area contributed by atoms with Crippen LogP contribution in [0.25, 0.3) is 0 Å². The second-order valence-corrected chi connectivity index (χ2v) is 8.87. The van der Waals surface area contributed by atoms with E-state index in [4.69, 9.17) is 11.6 Å². The second kappa shape index (κ2) is 9.54. The molecule has 0 bridgehead atoms. The molecule has 0 fully saturated rings. The Morgan fingerprint density at radius 1 is 1.07 bits per heavy atom. The zero-order valence-corrected chi connectivity index (χ0v) is 18.3. The highest BCUT2D eigenvalue weighted by Crippen LogP contribution is 2.24. The lowest BCUT2D eigenvalue weighted by atomic mass is 10.0. The molecule has 0 aliphatic carbocycles. The Morgan fingerprint density at radius 2 is 1.68 bits per heavy atom. The van der Waals surface area contributed by atoms with Gasteiger partial charge in [-0.05, 0) is 42.7 Å². The first-order valence-corrected chi connectivity index (χ1v) is 11.3. The van der Waals surface area contributed by atoms with Crippen LogP contribution in [0.4, 0.5) is 0 Å². The Labute approximate surface area is 172 Å². The molecule has 2 rings (SSSR count). The molecular weight excluding hydrogens is 396 g/mol. The van der Waals surface area contributed by atoms with Crippen molar-refractivity contribution < 1.29 is 13.2 Å². The van der Waals surface area contributed by atoms with Crippen LogP contribution in [-0.2, 0) is 16.4 Å². The van der Waals surface area contributed by atoms with Crippen molar-refractivity contribution in [2.75, 3.05) is 13.1 Å². The van der Waals surface area contributed by atoms with E-state index < -0.39 is 15.9 Å². The molecule has 0 heterocycles. The molecule has 152 valence electrons. The molecule has 5 nitrogen and oxygen atoms in total. The number of nitrogens with zero attached hydrogens (tertiary/aromatic N) is 1. The average molecular weight is 423 g/mol. The average Bonchev–Trinajstić information content (AvgIpc) is 2.68. The van der Waals surface area contributed by atoms with Gasteiger partial charge in [-0.1, -0.05) is 56.6 Å². The van der Waals surface area contributed by atoms with Crippen LogP contribution in [-0.4, -0.2) is 31.7 Å². The number of nitrogens with one attached hydrogen (secondary N) is 1. The molecule has 0 aromatic heterocycles. The van der Waals surface area contributed by atoms with Gasteiger partial charge in [0.05, 0.1) is 21.5 Å². The minimum atomic E-state index is -3.67. The van der Waals surface area contributed by atoms with Crippen LogP contribution >= 0.6 is 11.6 Å². The summed E-state index contributed by atoms with van der Waals surface area (Å²) in [6.07, 6.45) is 0.949. The molecule has 0 saturated carbocycles. The maximum absolute atomic E-state index is 12.8. The van der Waals surface area contributed by atoms with Gasteiger partial charge in [0.15, 0.2) is 0 Å². The van der Waals surface area contributed by atoms with Crippen molar-refractivity contribution in [3.63, 3.8) is 0 Å². The molecular formula is C21H27ClN2O3S. The summed E-state index contributed by atoms with van der Waals surface area (Å²) in [6.45, 7) is 8.22. The molecule has 1 N–H and O–H groups in total. The van der Waals surface area contributed by atoms with Gasteiger partial charge in [-0.2, -0.15) is 4.31 Å². The van der Waals surface area contributed by atoms with E-state index in [1.807, 2.05) is 31.2 Å². The summed E-state index contributed by atoms with van der Waals surface area (Å²) in [5, 5.41) is 3.11. The van der Waals surface area contributed by atoms with Crippen LogP contribution in [0.15, 0.2) is 47.4 Å². The molecule has 0 saturated heterocycles. The number of amides is 1. The molecule has 7 heteroatoms. The van der Waals surface area contributed by atoms with E-state index in [1.165, 1.54) is 28.1 Å². The zero-order valence-electron chi connectivity index (χ0n) is 16.7. The number of halogens is 1. The van der Waals surface area contributed by atoms with Crippen molar-refractivity contribution in [2.45, 2.75) is 45.1 Å². The lowest BCUT2D eigenvalue weighted by Crippen LogP contribution is -2.31. The number of aryl methyl sites for hydroxylation is 1. The van der Waals surface area contributed by atoms with E-state index in [2.05, 4.69) is 12.2 Å². The fourth-order valence-electron chi connectivity index (χ4n) is 2.95. The van der Waals surface area contributed by atoms with Gasteiger partial charge in [-0.25, -0.2) is 8.42 Å². The van der Waals surface area contributed by atoms with Crippen LogP contribution in [0.3, 0.4) is 0 Å². The third kappa shape index (κ3) is 4.93. The molecule has 28 heavy (non-hydrogen) atoms. The number of carbonyl (C=O) groups excluding carboxylic acids is 1. The lowest BCUT2D eigenvalue weighted by Gasteiger charge is -2.19. The van der Waals surface area contributed by atoms with Crippen LogP contribution < -0.4 is 5.32 Å². The maximum Gasteiger partial charge on any atom is 0.253 e. The van der Waals surface area contributed by atoms with Crippen LogP contribution in [0.2, 0.25) is 5.02 Å². The molecule has 0 radical (unpaired) electrons. The van der Waals surface area contributed by atoms with Crippen molar-refractivity contribution in [2.24, 2.45) is 0 Å². The third-order valence-electron chi connectivity index (χ3n) is 4.76. The van der Waals surface area contributed by atoms with Gasteiger partial charge in [-0.15, -0.1) is 0 Å². The second-order valence-electron chi connectivity index (χ2n) is 6.52. The number of carbonyl (C=O) groups is 1. The van der Waals surface area contributed by atoms with Gasteiger partial charge in [0.2, 0.25) is 10.0 Å². The van der Waals surface area contributed by atoms with Crippen molar-refractivity contribution in [3.05, 3.63) is 64.2 Å². The monoisotopic (exact) mass is 422 g/mol. The number of sulfonamides is 1. The van der Waals surface area contributed by atoms with Gasteiger partial charge in [0.25, 0.3) is 5.91 Å². The molecule has 1 atom stereocenters. The van der Waals surface area contributed by atoms with Gasteiger partial charge >= 0.3 is 0 Å². The Kier molecular flexibility index (Phi) is 7.63. The predicted octanol–water partition coefficient (Wildman–Crippen LogP) is 4.42. The zero-order chi connectivity index (χ0) is 20.9. The molecule has 2 aromatic carbocycles. The summed E-state index contributed by atoms with van der Waals surface area (Å²) in [5.74, 6) is -0.409. The van der Waals surface area contributed by atoms with Crippen molar-refractivity contribution >= 4 is 27.5 Å². The third-order valence-corrected chi connectivity index (χ3v) is 7.14. The van der Waals surface area contributed by atoms with Crippen molar-refractivity contribution in [1.29, 1.82) is 0 Å². The Morgan fingerprint density at radius 3 is 2.21 bits per heavy atom. The lowest BCUT2D eigenvalue weighted by molar-refractivity contribution is 0.0940. The van der Waals surface area contributed by atoms with Crippen LogP contribution in [0.5, 0.6) is 0 Å². The molecule has 0 spiro atoms. The highest BCUT2D eigenvalue weighted by atomic mass is 35.5. The summed E-state index contributed by atoms with van der Waals surface area (Å²) in [4.78, 5) is 12.8. The van der Waals surface area contributed by atoms with Gasteiger partial charge in [0.1, 0.15) is 0 Å². The smallest absolute Gasteiger partial charge is 0.253 e. The quantitative estimate of drug-likeness (QED) is 0.684. The maximum atomic E-state index is 12.8. The van der Waals surface area contributed by atoms with E-state index >= 15 is 0 Å².